The van der Waals surface area contributed by atoms with Crippen LogP contribution in [0.25, 0.3) is 6.08 Å². The summed E-state index contributed by atoms with van der Waals surface area (Å²) in [6.45, 7) is 7.36. The van der Waals surface area contributed by atoms with Crippen LogP contribution in [0, 0.1) is 6.92 Å². The van der Waals surface area contributed by atoms with E-state index in [0.29, 0.717) is 17.8 Å². The lowest BCUT2D eigenvalue weighted by Crippen LogP contribution is -2.27. The number of esters is 1. The molecule has 0 spiro atoms. The molecular weight excluding hydrogens is 384 g/mol. The third kappa shape index (κ3) is 10.1. The lowest BCUT2D eigenvalue weighted by molar-refractivity contribution is -0.134. The molecule has 30 heavy (non-hydrogen) atoms. The first-order chi connectivity index (χ1) is 14.1. The smallest absolute Gasteiger partial charge is 0.412 e. The van der Waals surface area contributed by atoms with Crippen molar-refractivity contribution in [2.75, 3.05) is 17.7 Å². The number of hydrogen-bond acceptors (Lipinski definition) is 5. The zero-order valence-corrected chi connectivity index (χ0v) is 17.9. The number of carbonyl (C=O) groups excluding carboxylic acids is 3. The molecule has 7 nitrogen and oxygen atoms in total. The fourth-order valence-corrected chi connectivity index (χ4v) is 2.10. The fraction of sp³-hybridized carbons (Fsp3) is 0.261. The van der Waals surface area contributed by atoms with E-state index >= 15 is 0 Å². The molecule has 2 aromatic carbocycles. The summed E-state index contributed by atoms with van der Waals surface area (Å²) < 4.78 is 9.58. The van der Waals surface area contributed by atoms with Crippen molar-refractivity contribution in [2.24, 2.45) is 0 Å². The molecule has 0 radical (unpaired) electrons. The molecule has 0 aliphatic carbocycles. The van der Waals surface area contributed by atoms with Crippen LogP contribution < -0.4 is 10.6 Å². The molecule has 0 aliphatic rings. The average molecular weight is 412 g/mol. The van der Waals surface area contributed by atoms with E-state index in [0.717, 1.165) is 5.56 Å². The second-order valence-corrected chi connectivity index (χ2v) is 7.20. The summed E-state index contributed by atoms with van der Waals surface area (Å²) in [5.41, 5.74) is 2.66. The zero-order chi connectivity index (χ0) is 22.6. The number of ether oxygens (including phenoxy) is 2. The molecule has 0 atom stereocenters. The predicted octanol–water partition coefficient (Wildman–Crippen LogP) is 4.78. The van der Waals surface area contributed by atoms with Crippen LogP contribution in [0.2, 0.25) is 0 Å². The molecule has 0 bridgehead atoms. The quantitative estimate of drug-likeness (QED) is 0.419. The minimum atomic E-state index is -0.558. The molecular formula is C23H28N2O5. The van der Waals surface area contributed by atoms with E-state index in [9.17, 15) is 14.4 Å². The van der Waals surface area contributed by atoms with E-state index in [1.165, 1.54) is 18.7 Å². The van der Waals surface area contributed by atoms with Gasteiger partial charge in [-0.3, -0.25) is 10.1 Å². The maximum Gasteiger partial charge on any atom is 0.412 e. The van der Waals surface area contributed by atoms with Gasteiger partial charge in [-0.2, -0.15) is 0 Å². The van der Waals surface area contributed by atoms with Crippen molar-refractivity contribution >= 4 is 35.9 Å². The van der Waals surface area contributed by atoms with Crippen molar-refractivity contribution in [2.45, 2.75) is 33.3 Å². The number of nitrogens with one attached hydrogen (secondary N) is 2. The lowest BCUT2D eigenvalue weighted by Gasteiger charge is -2.20. The van der Waals surface area contributed by atoms with Crippen LogP contribution in [0.15, 0.2) is 54.6 Å². The van der Waals surface area contributed by atoms with Crippen molar-refractivity contribution in [1.29, 1.82) is 0 Å². The van der Waals surface area contributed by atoms with Crippen LogP contribution in [0.3, 0.4) is 0 Å². The molecule has 2 amide bonds. The molecule has 7 heteroatoms. The third-order valence-corrected chi connectivity index (χ3v) is 3.47. The Morgan fingerprint density at radius 3 is 2.10 bits per heavy atom. The van der Waals surface area contributed by atoms with Gasteiger partial charge in [0.05, 0.1) is 18.5 Å². The zero-order valence-electron chi connectivity index (χ0n) is 17.9. The number of hydrogen-bond donors (Lipinski definition) is 2. The van der Waals surface area contributed by atoms with Gasteiger partial charge in [0.15, 0.2) is 0 Å². The molecule has 2 N–H and O–H groups in total. The Labute approximate surface area is 177 Å². The van der Waals surface area contributed by atoms with E-state index in [4.69, 9.17) is 4.74 Å². The summed E-state index contributed by atoms with van der Waals surface area (Å²) in [5, 5.41) is 5.06. The van der Waals surface area contributed by atoms with Gasteiger partial charge in [0.1, 0.15) is 5.60 Å². The normalized spacial score (nSPS) is 10.4. The Balaban J connectivity index is 0.000000311. The van der Waals surface area contributed by atoms with Crippen LogP contribution >= 0.6 is 0 Å². The maximum atomic E-state index is 11.5. The first-order valence-electron chi connectivity index (χ1n) is 9.26. The highest BCUT2D eigenvalue weighted by Crippen LogP contribution is 2.21. The van der Waals surface area contributed by atoms with Crippen LogP contribution in [-0.2, 0) is 19.1 Å². The SMILES string of the molecule is CC(C)(C)OC(=O)Nc1ccccc1NC=O.COC(=O)/C=C/c1ccc(C)cc1. The predicted molar refractivity (Wildman–Crippen MR) is 118 cm³/mol. The molecule has 0 saturated heterocycles. The van der Waals surface area contributed by atoms with E-state index in [2.05, 4.69) is 15.4 Å². The summed E-state index contributed by atoms with van der Waals surface area (Å²) in [6, 6.07) is 14.8. The second-order valence-electron chi connectivity index (χ2n) is 7.20. The Kier molecular flexibility index (Phi) is 9.82. The largest absolute Gasteiger partial charge is 0.466 e. The summed E-state index contributed by atoms with van der Waals surface area (Å²) in [4.78, 5) is 32.7. The maximum absolute atomic E-state index is 11.5. The van der Waals surface area contributed by atoms with Gasteiger partial charge in [-0.1, -0.05) is 42.0 Å². The van der Waals surface area contributed by atoms with Crippen LogP contribution in [0.1, 0.15) is 31.9 Å². The highest BCUT2D eigenvalue weighted by molar-refractivity contribution is 5.92. The van der Waals surface area contributed by atoms with Gasteiger partial charge < -0.3 is 14.8 Å². The number of carbonyl (C=O) groups is 3. The van der Waals surface area contributed by atoms with Crippen molar-refractivity contribution < 1.29 is 23.9 Å². The van der Waals surface area contributed by atoms with Gasteiger partial charge in [0, 0.05) is 6.08 Å². The first-order valence-corrected chi connectivity index (χ1v) is 9.26. The fourth-order valence-electron chi connectivity index (χ4n) is 2.10. The van der Waals surface area contributed by atoms with Crippen LogP contribution in [0.5, 0.6) is 0 Å². The number of anilines is 2. The summed E-state index contributed by atoms with van der Waals surface area (Å²) in [5.74, 6) is -0.333. The first kappa shape index (κ1) is 24.4. The van der Waals surface area contributed by atoms with E-state index in [-0.39, 0.29) is 5.97 Å². The molecule has 0 saturated carbocycles. The van der Waals surface area contributed by atoms with E-state index in [1.807, 2.05) is 31.2 Å². The van der Waals surface area contributed by atoms with Gasteiger partial charge in [0.2, 0.25) is 6.41 Å². The van der Waals surface area contributed by atoms with E-state index < -0.39 is 11.7 Å². The molecule has 0 aromatic heterocycles. The topological polar surface area (TPSA) is 93.7 Å². The summed E-state index contributed by atoms with van der Waals surface area (Å²) >= 11 is 0. The summed E-state index contributed by atoms with van der Waals surface area (Å²) in [6.07, 6.45) is 3.13. The number of amides is 2. The Hall–Kier alpha value is -3.61. The second kappa shape index (κ2) is 12.1. The molecule has 0 aliphatic heterocycles. The molecule has 2 aromatic rings. The monoisotopic (exact) mass is 412 g/mol. The third-order valence-electron chi connectivity index (χ3n) is 3.47. The highest BCUT2D eigenvalue weighted by Gasteiger charge is 2.16. The van der Waals surface area contributed by atoms with Crippen LogP contribution in [0.4, 0.5) is 16.2 Å². The lowest BCUT2D eigenvalue weighted by atomic mass is 10.1. The standard InChI is InChI=1S/C12H16N2O3.C11H12O2/c1-12(2,3)17-11(16)14-10-7-5-4-6-9(10)13-8-15;1-9-3-5-10(6-4-9)7-8-11(12)13-2/h4-8H,1-3H3,(H,13,15)(H,14,16);3-8H,1-2H3/b;8-7+. The molecule has 0 unspecified atom stereocenters. The van der Waals surface area contributed by atoms with Gasteiger partial charge in [-0.15, -0.1) is 0 Å². The van der Waals surface area contributed by atoms with Gasteiger partial charge in [-0.05, 0) is 51.5 Å². The number of benzene rings is 2. The number of methoxy groups -OCH3 is 1. The van der Waals surface area contributed by atoms with E-state index in [1.54, 1.807) is 51.1 Å². The number of para-hydroxylation sites is 2. The minimum absolute atomic E-state index is 0.333. The minimum Gasteiger partial charge on any atom is -0.466 e. The molecule has 2 rings (SSSR count). The van der Waals surface area contributed by atoms with Crippen molar-refractivity contribution in [3.63, 3.8) is 0 Å². The Morgan fingerprint density at radius 2 is 1.57 bits per heavy atom. The summed E-state index contributed by atoms with van der Waals surface area (Å²) in [7, 11) is 1.36. The van der Waals surface area contributed by atoms with Gasteiger partial charge in [0.25, 0.3) is 0 Å². The Bertz CT molecular complexity index is 868. The molecule has 0 heterocycles. The highest BCUT2D eigenvalue weighted by atomic mass is 16.6. The van der Waals surface area contributed by atoms with Gasteiger partial charge >= 0.3 is 12.1 Å². The van der Waals surface area contributed by atoms with Crippen molar-refractivity contribution in [3.05, 3.63) is 65.7 Å². The number of rotatable bonds is 5. The molecule has 0 fully saturated rings. The average Bonchev–Trinajstić information content (AvgIpc) is 2.68. The van der Waals surface area contributed by atoms with Crippen LogP contribution in [-0.4, -0.2) is 31.2 Å². The van der Waals surface area contributed by atoms with Crippen molar-refractivity contribution in [1.82, 2.24) is 0 Å². The van der Waals surface area contributed by atoms with Crippen molar-refractivity contribution in [3.8, 4) is 0 Å². The van der Waals surface area contributed by atoms with Gasteiger partial charge in [-0.25, -0.2) is 9.59 Å². The Morgan fingerprint density at radius 1 is 0.967 bits per heavy atom. The molecule has 160 valence electrons. The number of aryl methyl sites for hydroxylation is 1.